The Kier molecular flexibility index (Phi) is 4.56. The van der Waals surface area contributed by atoms with Crippen molar-refractivity contribution < 1.29 is 14.4 Å². The second kappa shape index (κ2) is 6.95. The number of rotatable bonds is 5. The molecule has 0 aliphatic carbocycles. The van der Waals surface area contributed by atoms with Crippen molar-refractivity contribution in [3.05, 3.63) is 65.0 Å². The highest BCUT2D eigenvalue weighted by atomic mass is 16.7. The molecule has 0 unspecified atom stereocenters. The molecule has 0 spiro atoms. The zero-order chi connectivity index (χ0) is 16.9. The molecular formula is C18H16N2O4. The lowest BCUT2D eigenvalue weighted by atomic mass is 10.2. The van der Waals surface area contributed by atoms with E-state index >= 15 is 0 Å². The Bertz CT molecular complexity index is 919. The number of esters is 1. The molecule has 1 aromatic heterocycles. The van der Waals surface area contributed by atoms with Crippen LogP contribution in [0.15, 0.2) is 59.4 Å². The van der Waals surface area contributed by atoms with Crippen LogP contribution in [0.5, 0.6) is 0 Å². The SMILES string of the molecule is CCOC(=O)COn1c(-c2ccccc2)nc2ccccc2c1=O. The highest BCUT2D eigenvalue weighted by Gasteiger charge is 2.15. The number of hydrogen-bond acceptors (Lipinski definition) is 5. The molecule has 2 aromatic carbocycles. The summed E-state index contributed by atoms with van der Waals surface area (Å²) in [6.07, 6.45) is 0. The largest absolute Gasteiger partial charge is 0.463 e. The number of hydrogen-bond donors (Lipinski definition) is 0. The first-order valence-electron chi connectivity index (χ1n) is 7.57. The van der Waals surface area contributed by atoms with Gasteiger partial charge in [0.05, 0.1) is 17.5 Å². The van der Waals surface area contributed by atoms with Gasteiger partial charge in [-0.15, -0.1) is 4.73 Å². The molecule has 3 aromatic rings. The number of nitrogens with zero attached hydrogens (tertiary/aromatic N) is 2. The van der Waals surface area contributed by atoms with Crippen molar-refractivity contribution in [2.75, 3.05) is 13.2 Å². The second-order valence-electron chi connectivity index (χ2n) is 5.00. The zero-order valence-corrected chi connectivity index (χ0v) is 13.1. The Morgan fingerprint density at radius 1 is 1.08 bits per heavy atom. The Morgan fingerprint density at radius 3 is 2.54 bits per heavy atom. The maximum Gasteiger partial charge on any atom is 0.346 e. The van der Waals surface area contributed by atoms with Crippen molar-refractivity contribution in [2.24, 2.45) is 0 Å². The molecule has 0 amide bonds. The van der Waals surface area contributed by atoms with Crippen LogP contribution in [-0.2, 0) is 9.53 Å². The van der Waals surface area contributed by atoms with Crippen molar-refractivity contribution in [1.82, 2.24) is 9.71 Å². The molecule has 24 heavy (non-hydrogen) atoms. The number of para-hydroxylation sites is 1. The van der Waals surface area contributed by atoms with Crippen LogP contribution in [0.2, 0.25) is 0 Å². The van der Waals surface area contributed by atoms with Gasteiger partial charge in [-0.3, -0.25) is 4.79 Å². The predicted octanol–water partition coefficient (Wildman–Crippen LogP) is 2.06. The summed E-state index contributed by atoms with van der Waals surface area (Å²) in [5.41, 5.74) is 0.908. The van der Waals surface area contributed by atoms with Gasteiger partial charge in [-0.2, -0.15) is 0 Å². The second-order valence-corrected chi connectivity index (χ2v) is 5.00. The fourth-order valence-electron chi connectivity index (χ4n) is 2.33. The summed E-state index contributed by atoms with van der Waals surface area (Å²) in [5.74, 6) is -0.208. The molecule has 1 heterocycles. The minimum atomic E-state index is -0.545. The molecule has 0 atom stereocenters. The molecule has 0 radical (unpaired) electrons. The van der Waals surface area contributed by atoms with Crippen molar-refractivity contribution in [2.45, 2.75) is 6.92 Å². The lowest BCUT2D eigenvalue weighted by molar-refractivity contribution is -0.148. The average molecular weight is 324 g/mol. The molecule has 0 saturated carbocycles. The van der Waals surface area contributed by atoms with E-state index in [1.807, 2.05) is 36.4 Å². The molecule has 0 bridgehead atoms. The predicted molar refractivity (Wildman–Crippen MR) is 89.5 cm³/mol. The first-order chi connectivity index (χ1) is 11.7. The summed E-state index contributed by atoms with van der Waals surface area (Å²) in [4.78, 5) is 34.2. The Hall–Kier alpha value is -3.15. The van der Waals surface area contributed by atoms with E-state index in [2.05, 4.69) is 4.98 Å². The highest BCUT2D eigenvalue weighted by molar-refractivity contribution is 5.79. The molecule has 0 aliphatic rings. The minimum Gasteiger partial charge on any atom is -0.463 e. The smallest absolute Gasteiger partial charge is 0.346 e. The third kappa shape index (κ3) is 3.12. The average Bonchev–Trinajstić information content (AvgIpc) is 2.62. The van der Waals surface area contributed by atoms with E-state index in [-0.39, 0.29) is 18.8 Å². The van der Waals surface area contributed by atoms with Gasteiger partial charge < -0.3 is 9.57 Å². The number of fused-ring (bicyclic) bond motifs is 1. The number of ether oxygens (including phenoxy) is 1. The molecule has 0 aliphatic heterocycles. The number of aromatic nitrogens is 2. The van der Waals surface area contributed by atoms with Gasteiger partial charge in [-0.05, 0) is 19.1 Å². The van der Waals surface area contributed by atoms with Crippen molar-refractivity contribution in [1.29, 1.82) is 0 Å². The van der Waals surface area contributed by atoms with Crippen molar-refractivity contribution in [3.8, 4) is 11.4 Å². The molecule has 3 rings (SSSR count). The number of carbonyl (C=O) groups is 1. The van der Waals surface area contributed by atoms with Crippen LogP contribution >= 0.6 is 0 Å². The summed E-state index contributed by atoms with van der Waals surface area (Å²) in [7, 11) is 0. The standard InChI is InChI=1S/C18H16N2O4/c1-2-23-16(21)12-24-20-17(13-8-4-3-5-9-13)19-15-11-7-6-10-14(15)18(20)22/h3-11H,2,12H2,1H3. The Balaban J connectivity index is 2.11. The Morgan fingerprint density at radius 2 is 1.79 bits per heavy atom. The summed E-state index contributed by atoms with van der Waals surface area (Å²) in [5, 5.41) is 0.418. The lowest BCUT2D eigenvalue weighted by Crippen LogP contribution is -2.33. The van der Waals surface area contributed by atoms with Crippen molar-refractivity contribution in [3.63, 3.8) is 0 Å². The van der Waals surface area contributed by atoms with Crippen molar-refractivity contribution >= 4 is 16.9 Å². The third-order valence-electron chi connectivity index (χ3n) is 3.39. The fraction of sp³-hybridized carbons (Fsp3) is 0.167. The van der Waals surface area contributed by atoms with Crippen LogP contribution in [0.1, 0.15) is 6.92 Å². The topological polar surface area (TPSA) is 70.4 Å². The van der Waals surface area contributed by atoms with Gasteiger partial charge in [0.1, 0.15) is 0 Å². The van der Waals surface area contributed by atoms with Crippen LogP contribution in [0.4, 0.5) is 0 Å². The maximum atomic E-state index is 12.7. The minimum absolute atomic E-state index is 0.249. The summed E-state index contributed by atoms with van der Waals surface area (Å²) < 4.78 is 5.89. The van der Waals surface area contributed by atoms with E-state index < -0.39 is 5.97 Å². The summed E-state index contributed by atoms with van der Waals surface area (Å²) >= 11 is 0. The van der Waals surface area contributed by atoms with Gasteiger partial charge in [0.2, 0.25) is 6.61 Å². The third-order valence-corrected chi connectivity index (χ3v) is 3.39. The summed E-state index contributed by atoms with van der Waals surface area (Å²) in [6.45, 7) is 1.59. The van der Waals surface area contributed by atoms with Crippen LogP contribution in [0, 0.1) is 0 Å². The van der Waals surface area contributed by atoms with E-state index in [4.69, 9.17) is 9.57 Å². The van der Waals surface area contributed by atoms with E-state index in [0.29, 0.717) is 22.3 Å². The van der Waals surface area contributed by atoms with E-state index in [0.717, 1.165) is 4.73 Å². The van der Waals surface area contributed by atoms with E-state index in [9.17, 15) is 9.59 Å². The molecule has 0 fully saturated rings. The van der Waals surface area contributed by atoms with Gasteiger partial charge in [0, 0.05) is 5.56 Å². The molecule has 6 nitrogen and oxygen atoms in total. The molecule has 122 valence electrons. The molecule has 6 heteroatoms. The van der Waals surface area contributed by atoms with E-state index in [1.165, 1.54) is 0 Å². The monoisotopic (exact) mass is 324 g/mol. The maximum absolute atomic E-state index is 12.7. The lowest BCUT2D eigenvalue weighted by Gasteiger charge is -2.13. The van der Waals surface area contributed by atoms with Crippen LogP contribution in [0.25, 0.3) is 22.3 Å². The van der Waals surface area contributed by atoms with Gasteiger partial charge in [-0.25, -0.2) is 9.78 Å². The first kappa shape index (κ1) is 15.7. The van der Waals surface area contributed by atoms with Gasteiger partial charge in [0.25, 0.3) is 5.56 Å². The van der Waals surface area contributed by atoms with Crippen LogP contribution in [-0.4, -0.2) is 28.9 Å². The first-order valence-corrected chi connectivity index (χ1v) is 7.57. The van der Waals surface area contributed by atoms with Gasteiger partial charge in [-0.1, -0.05) is 42.5 Å². The number of carbonyl (C=O) groups excluding carboxylic acids is 1. The summed E-state index contributed by atoms with van der Waals surface area (Å²) in [6, 6.07) is 16.2. The fourth-order valence-corrected chi connectivity index (χ4v) is 2.33. The molecule has 0 saturated heterocycles. The van der Waals surface area contributed by atoms with Crippen LogP contribution < -0.4 is 10.4 Å². The Labute approximate surface area is 138 Å². The normalized spacial score (nSPS) is 10.5. The molecular weight excluding hydrogens is 308 g/mol. The highest BCUT2D eigenvalue weighted by Crippen LogP contribution is 2.17. The van der Waals surface area contributed by atoms with Gasteiger partial charge >= 0.3 is 5.97 Å². The van der Waals surface area contributed by atoms with Gasteiger partial charge in [0.15, 0.2) is 5.82 Å². The zero-order valence-electron chi connectivity index (χ0n) is 13.1. The quantitative estimate of drug-likeness (QED) is 0.672. The number of benzene rings is 2. The molecule has 0 N–H and O–H groups in total. The van der Waals surface area contributed by atoms with Crippen LogP contribution in [0.3, 0.4) is 0 Å². The van der Waals surface area contributed by atoms with E-state index in [1.54, 1.807) is 25.1 Å².